The van der Waals surface area contributed by atoms with Gasteiger partial charge in [-0.2, -0.15) is 0 Å². The second-order valence-electron chi connectivity index (χ2n) is 6.39. The molecule has 0 fully saturated rings. The first-order valence-corrected chi connectivity index (χ1v) is 8.87. The fraction of sp³-hybridized carbons (Fsp3) is 0.250. The summed E-state index contributed by atoms with van der Waals surface area (Å²) in [6.07, 6.45) is 3.45. The van der Waals surface area contributed by atoms with Gasteiger partial charge in [-0.3, -0.25) is 4.98 Å². The minimum atomic E-state index is -0.0929. The van der Waals surface area contributed by atoms with Crippen LogP contribution in [0.15, 0.2) is 54.9 Å². The Balaban J connectivity index is 2.06. The average molecular weight is 369 g/mol. The van der Waals surface area contributed by atoms with Gasteiger partial charge in [0.15, 0.2) is 5.82 Å². The maximum Gasteiger partial charge on any atom is 0.163 e. The smallest absolute Gasteiger partial charge is 0.163 e. The zero-order valence-corrected chi connectivity index (χ0v) is 15.5. The van der Waals surface area contributed by atoms with Gasteiger partial charge in [0.2, 0.25) is 0 Å². The first kappa shape index (κ1) is 18.3. The standard InChI is InChI=1S/C20H21ClN4O/c1-13(2)18(12-26)23-19-10-17(14-5-7-16(21)8-6-14)24-20(25-19)15-4-3-9-22-11-15/h3-11,13,18,26H,12H2,1-2H3,(H,23,24,25)/t18-/m1/s1. The van der Waals surface area contributed by atoms with Crippen LogP contribution in [0, 0.1) is 5.92 Å². The third-order valence-corrected chi connectivity index (χ3v) is 4.37. The Kier molecular flexibility index (Phi) is 5.81. The molecule has 0 radical (unpaired) electrons. The van der Waals surface area contributed by atoms with Crippen molar-refractivity contribution in [1.82, 2.24) is 15.0 Å². The van der Waals surface area contributed by atoms with Crippen LogP contribution in [-0.2, 0) is 0 Å². The summed E-state index contributed by atoms with van der Waals surface area (Å²) in [5.74, 6) is 1.50. The van der Waals surface area contributed by atoms with Crippen molar-refractivity contribution < 1.29 is 5.11 Å². The maximum atomic E-state index is 9.63. The third kappa shape index (κ3) is 4.36. The molecule has 0 amide bonds. The SMILES string of the molecule is CC(C)[C@@H](CO)Nc1cc(-c2ccc(Cl)cc2)nc(-c2cccnc2)n1. The van der Waals surface area contributed by atoms with Gasteiger partial charge < -0.3 is 10.4 Å². The molecule has 5 nitrogen and oxygen atoms in total. The van der Waals surface area contributed by atoms with Crippen LogP contribution in [0.25, 0.3) is 22.6 Å². The number of halogens is 1. The molecule has 2 aromatic heterocycles. The topological polar surface area (TPSA) is 70.9 Å². The lowest BCUT2D eigenvalue weighted by Crippen LogP contribution is -2.30. The van der Waals surface area contributed by atoms with Gasteiger partial charge in [0, 0.05) is 34.6 Å². The second kappa shape index (κ2) is 8.25. The summed E-state index contributed by atoms with van der Waals surface area (Å²) < 4.78 is 0. The Labute approximate surface area is 158 Å². The van der Waals surface area contributed by atoms with E-state index in [0.29, 0.717) is 16.7 Å². The Bertz CT molecular complexity index is 853. The predicted octanol–water partition coefficient (Wildman–Crippen LogP) is 4.29. The summed E-state index contributed by atoms with van der Waals surface area (Å²) in [4.78, 5) is 13.5. The van der Waals surface area contributed by atoms with Crippen molar-refractivity contribution in [1.29, 1.82) is 0 Å². The largest absolute Gasteiger partial charge is 0.394 e. The molecule has 2 heterocycles. The number of benzene rings is 1. The first-order chi connectivity index (χ1) is 12.6. The quantitative estimate of drug-likeness (QED) is 0.679. The molecule has 26 heavy (non-hydrogen) atoms. The molecule has 0 aliphatic carbocycles. The van der Waals surface area contributed by atoms with E-state index >= 15 is 0 Å². The van der Waals surface area contributed by atoms with Crippen molar-refractivity contribution >= 4 is 17.4 Å². The number of anilines is 1. The summed E-state index contributed by atoms with van der Waals surface area (Å²) in [5, 5.41) is 13.6. The van der Waals surface area contributed by atoms with Gasteiger partial charge in [-0.25, -0.2) is 9.97 Å². The molecular formula is C20H21ClN4O. The van der Waals surface area contributed by atoms with Crippen molar-refractivity contribution in [2.45, 2.75) is 19.9 Å². The van der Waals surface area contributed by atoms with Gasteiger partial charge in [-0.1, -0.05) is 37.6 Å². The lowest BCUT2D eigenvalue weighted by molar-refractivity contribution is 0.249. The highest BCUT2D eigenvalue weighted by molar-refractivity contribution is 6.30. The Morgan fingerprint density at radius 1 is 1.08 bits per heavy atom. The Hall–Kier alpha value is -2.50. The van der Waals surface area contributed by atoms with Gasteiger partial charge in [-0.15, -0.1) is 0 Å². The average Bonchev–Trinajstić information content (AvgIpc) is 2.67. The van der Waals surface area contributed by atoms with Crippen LogP contribution in [0.5, 0.6) is 0 Å². The van der Waals surface area contributed by atoms with Crippen molar-refractivity contribution in [2.24, 2.45) is 5.92 Å². The Morgan fingerprint density at radius 3 is 2.46 bits per heavy atom. The molecule has 0 bridgehead atoms. The zero-order valence-electron chi connectivity index (χ0n) is 14.7. The van der Waals surface area contributed by atoms with Crippen LogP contribution in [-0.4, -0.2) is 32.7 Å². The summed E-state index contributed by atoms with van der Waals surface area (Å²) in [6, 6.07) is 13.1. The van der Waals surface area contributed by atoms with Crippen LogP contribution >= 0.6 is 11.6 Å². The molecule has 2 N–H and O–H groups in total. The number of hydrogen-bond acceptors (Lipinski definition) is 5. The van der Waals surface area contributed by atoms with E-state index < -0.39 is 0 Å². The minimum Gasteiger partial charge on any atom is -0.394 e. The molecule has 0 aliphatic heterocycles. The van der Waals surface area contributed by atoms with Crippen LogP contribution in [0.3, 0.4) is 0 Å². The van der Waals surface area contributed by atoms with Crippen molar-refractivity contribution in [3.05, 3.63) is 59.9 Å². The molecule has 0 unspecified atom stereocenters. The van der Waals surface area contributed by atoms with E-state index in [-0.39, 0.29) is 18.6 Å². The van der Waals surface area contributed by atoms with Gasteiger partial charge in [0.1, 0.15) is 5.82 Å². The molecule has 1 atom stereocenters. The lowest BCUT2D eigenvalue weighted by atomic mass is 10.1. The molecular weight excluding hydrogens is 348 g/mol. The number of aliphatic hydroxyl groups is 1. The maximum absolute atomic E-state index is 9.63. The second-order valence-corrected chi connectivity index (χ2v) is 6.82. The van der Waals surface area contributed by atoms with Crippen LogP contribution in [0.2, 0.25) is 5.02 Å². The zero-order chi connectivity index (χ0) is 18.5. The summed E-state index contributed by atoms with van der Waals surface area (Å²) in [6.45, 7) is 4.13. The van der Waals surface area contributed by atoms with E-state index in [1.54, 1.807) is 12.4 Å². The molecule has 0 saturated heterocycles. The van der Waals surface area contributed by atoms with Crippen LogP contribution in [0.1, 0.15) is 13.8 Å². The number of nitrogens with one attached hydrogen (secondary N) is 1. The van der Waals surface area contributed by atoms with E-state index in [2.05, 4.69) is 34.1 Å². The fourth-order valence-electron chi connectivity index (χ4n) is 2.53. The van der Waals surface area contributed by atoms with Crippen LogP contribution < -0.4 is 5.32 Å². The van der Waals surface area contributed by atoms with E-state index in [4.69, 9.17) is 11.6 Å². The number of pyridine rings is 1. The highest BCUT2D eigenvalue weighted by Gasteiger charge is 2.15. The number of aliphatic hydroxyl groups excluding tert-OH is 1. The summed E-state index contributed by atoms with van der Waals surface area (Å²) in [7, 11) is 0. The fourth-order valence-corrected chi connectivity index (χ4v) is 2.65. The first-order valence-electron chi connectivity index (χ1n) is 8.49. The minimum absolute atomic E-state index is 0.0280. The summed E-state index contributed by atoms with van der Waals surface area (Å²) >= 11 is 6.00. The van der Waals surface area contributed by atoms with Gasteiger partial charge in [0.25, 0.3) is 0 Å². The molecule has 0 saturated carbocycles. The monoisotopic (exact) mass is 368 g/mol. The molecule has 0 spiro atoms. The number of aromatic nitrogens is 3. The molecule has 3 rings (SSSR count). The lowest BCUT2D eigenvalue weighted by Gasteiger charge is -2.21. The van der Waals surface area contributed by atoms with E-state index in [1.165, 1.54) is 0 Å². The van der Waals surface area contributed by atoms with Crippen LogP contribution in [0.4, 0.5) is 5.82 Å². The molecule has 3 aromatic rings. The number of rotatable bonds is 6. The van der Waals surface area contributed by atoms with E-state index in [9.17, 15) is 5.11 Å². The molecule has 6 heteroatoms. The van der Waals surface area contributed by atoms with Gasteiger partial charge >= 0.3 is 0 Å². The van der Waals surface area contributed by atoms with E-state index in [0.717, 1.165) is 16.8 Å². The Morgan fingerprint density at radius 2 is 1.85 bits per heavy atom. The van der Waals surface area contributed by atoms with Gasteiger partial charge in [0.05, 0.1) is 18.3 Å². The normalized spacial score (nSPS) is 12.2. The van der Waals surface area contributed by atoms with E-state index in [1.807, 2.05) is 42.5 Å². The highest BCUT2D eigenvalue weighted by Crippen LogP contribution is 2.26. The molecule has 134 valence electrons. The number of nitrogens with zero attached hydrogens (tertiary/aromatic N) is 3. The summed E-state index contributed by atoms with van der Waals surface area (Å²) in [5.41, 5.74) is 2.55. The van der Waals surface area contributed by atoms with Crippen molar-refractivity contribution in [3.8, 4) is 22.6 Å². The number of hydrogen-bond donors (Lipinski definition) is 2. The van der Waals surface area contributed by atoms with Gasteiger partial charge in [-0.05, 0) is 30.2 Å². The predicted molar refractivity (Wildman–Crippen MR) is 105 cm³/mol. The van der Waals surface area contributed by atoms with Crippen molar-refractivity contribution in [3.63, 3.8) is 0 Å². The third-order valence-electron chi connectivity index (χ3n) is 4.12. The molecule has 0 aliphatic rings. The molecule has 1 aromatic carbocycles. The van der Waals surface area contributed by atoms with Crippen molar-refractivity contribution in [2.75, 3.05) is 11.9 Å². The highest BCUT2D eigenvalue weighted by atomic mass is 35.5.